The van der Waals surface area contributed by atoms with E-state index in [0.29, 0.717) is 0 Å². The second-order valence-electron chi connectivity index (χ2n) is 1.80. The van der Waals surface area contributed by atoms with Crippen LogP contribution in [0.2, 0.25) is 0 Å². The molecule has 14 heavy (non-hydrogen) atoms. The summed E-state index contributed by atoms with van der Waals surface area (Å²) in [6.45, 7) is 0. The molecule has 1 rings (SSSR count). The molecule has 0 amide bonds. The monoisotopic (exact) mass is 216 g/mol. The van der Waals surface area contributed by atoms with Crippen molar-refractivity contribution in [3.05, 3.63) is 30.1 Å². The molecular formula is C6H10BF5N2. The average molecular weight is 216 g/mol. The van der Waals surface area contributed by atoms with E-state index in [2.05, 4.69) is 0 Å². The number of hydrogen-bond acceptors (Lipinski definition) is 2. The van der Waals surface area contributed by atoms with Gasteiger partial charge in [0.05, 0.1) is 0 Å². The maximum atomic E-state index is 12.1. The number of rotatable bonds is 0. The van der Waals surface area contributed by atoms with Gasteiger partial charge in [0.2, 0.25) is 0 Å². The first-order valence-corrected chi connectivity index (χ1v) is 2.71. The molecule has 0 saturated carbocycles. The Labute approximate surface area is 78.4 Å². The third-order valence-electron chi connectivity index (χ3n) is 1.01. The van der Waals surface area contributed by atoms with E-state index in [1.54, 1.807) is 12.1 Å². The van der Waals surface area contributed by atoms with Crippen molar-refractivity contribution in [3.8, 4) is 0 Å². The Morgan fingerprint density at radius 2 is 1.14 bits per heavy atom. The van der Waals surface area contributed by atoms with Crippen LogP contribution < -0.4 is 5.46 Å². The van der Waals surface area contributed by atoms with Gasteiger partial charge in [0.1, 0.15) is 13.7 Å². The predicted molar refractivity (Wildman–Crippen MR) is 48.0 cm³/mol. The first kappa shape index (κ1) is 29.4. The van der Waals surface area contributed by atoms with Crippen molar-refractivity contribution in [3.63, 3.8) is 0 Å². The molecule has 0 N–H and O–H groups in total. The molecule has 0 radical (unpaired) electrons. The molecule has 0 heterocycles. The summed E-state index contributed by atoms with van der Waals surface area (Å²) >= 11 is 0. The van der Waals surface area contributed by atoms with Gasteiger partial charge < -0.3 is 0 Å². The Morgan fingerprint density at radius 1 is 0.857 bits per heavy atom. The molecule has 1 aromatic rings. The highest BCUT2D eigenvalue weighted by atomic mass is 19.1. The van der Waals surface area contributed by atoms with Gasteiger partial charge in [0.15, 0.2) is 0 Å². The summed E-state index contributed by atoms with van der Waals surface area (Å²) in [5.41, 5.74) is 1.09. The summed E-state index contributed by atoms with van der Waals surface area (Å²) in [6.07, 6.45) is 0. The van der Waals surface area contributed by atoms with E-state index < -0.39 is 0 Å². The molecule has 2 nitrogen and oxygen atoms in total. The lowest BCUT2D eigenvalue weighted by Crippen LogP contribution is -1.98. The third-order valence-corrected chi connectivity index (χ3v) is 1.01. The highest BCUT2D eigenvalue weighted by molar-refractivity contribution is 6.32. The van der Waals surface area contributed by atoms with E-state index in [1.165, 1.54) is 12.1 Å². The molecule has 1 aromatic carbocycles. The highest BCUT2D eigenvalue weighted by Gasteiger charge is 1.83. The molecule has 0 spiro atoms. The maximum absolute atomic E-state index is 12.1. The van der Waals surface area contributed by atoms with Crippen LogP contribution >= 0.6 is 0 Å². The lowest BCUT2D eigenvalue weighted by Gasteiger charge is -1.87. The van der Waals surface area contributed by atoms with E-state index in [1.807, 2.05) is 7.85 Å². The topological polar surface area (TPSA) is 47.6 Å². The Hall–Kier alpha value is -1.65. The molecule has 0 unspecified atom stereocenters. The van der Waals surface area contributed by atoms with E-state index in [4.69, 9.17) is 10.8 Å². The molecule has 8 heteroatoms. The third kappa shape index (κ3) is 13.0. The Morgan fingerprint density at radius 3 is 1.36 bits per heavy atom. The minimum atomic E-state index is -0.171. The smallest absolute Gasteiger partial charge is 0.139 e. The summed E-state index contributed by atoms with van der Waals surface area (Å²) < 4.78 is 12.1. The van der Waals surface area contributed by atoms with Gasteiger partial charge >= 0.3 is 0 Å². The molecule has 0 aliphatic rings. The highest BCUT2D eigenvalue weighted by Crippen LogP contribution is 1.89. The average Bonchev–Trinajstić information content (AvgIpc) is 2.00. The summed E-state index contributed by atoms with van der Waals surface area (Å²) in [5.74, 6) is -0.171. The lowest BCUT2D eigenvalue weighted by atomic mass is 9.97. The van der Waals surface area contributed by atoms with Gasteiger partial charge in [-0.3, -0.25) is 18.8 Å². The summed E-state index contributed by atoms with van der Waals surface area (Å²) in [7, 11) is 1.93. The van der Waals surface area contributed by atoms with Gasteiger partial charge in [-0.25, -0.2) is 4.39 Å². The van der Waals surface area contributed by atoms with Crippen LogP contribution in [-0.2, 0) is 0 Å². The standard InChI is InChI=1S/C6H6BF.4FH.N2/c7-5-1-3-6(8)4-2-5;;;;;1-2/h1-4H,7H2;4*1H;. The number of nitrogens with zero attached hydrogens (tertiary/aromatic N) is 2. The molecule has 0 aromatic heterocycles. The van der Waals surface area contributed by atoms with Crippen LogP contribution in [0.25, 0.3) is 0 Å². The van der Waals surface area contributed by atoms with E-state index >= 15 is 0 Å². The van der Waals surface area contributed by atoms with Gasteiger partial charge in [-0.2, -0.15) is 0 Å². The Kier molecular flexibility index (Phi) is 36.7. The van der Waals surface area contributed by atoms with Crippen molar-refractivity contribution >= 4 is 13.3 Å². The Balaban J connectivity index is -0.0000000425. The fourth-order valence-corrected chi connectivity index (χ4v) is 0.533. The normalized spacial score (nSPS) is 5.36. The second-order valence-corrected chi connectivity index (χ2v) is 1.80. The quantitative estimate of drug-likeness (QED) is 0.364. The largest absolute Gasteiger partial charge is 0.269 e. The van der Waals surface area contributed by atoms with Crippen LogP contribution in [-0.4, -0.2) is 7.85 Å². The lowest BCUT2D eigenvalue weighted by molar-refractivity contribution is 0.628. The Bertz CT molecular complexity index is 194. The van der Waals surface area contributed by atoms with Crippen LogP contribution in [0.5, 0.6) is 0 Å². The summed E-state index contributed by atoms with van der Waals surface area (Å²) in [4.78, 5) is 0. The van der Waals surface area contributed by atoms with Crippen molar-refractivity contribution in [2.75, 3.05) is 0 Å². The van der Waals surface area contributed by atoms with E-state index in [0.717, 1.165) is 5.46 Å². The maximum Gasteiger partial charge on any atom is 0.139 e. The van der Waals surface area contributed by atoms with Crippen LogP contribution in [0, 0.1) is 16.6 Å². The zero-order valence-electron chi connectivity index (χ0n) is 7.21. The second kappa shape index (κ2) is 17.4. The van der Waals surface area contributed by atoms with Crippen LogP contribution in [0.15, 0.2) is 24.3 Å². The van der Waals surface area contributed by atoms with Crippen molar-refractivity contribution in [2.24, 2.45) is 0 Å². The molecule has 82 valence electrons. The number of halogens is 5. The fourth-order valence-electron chi connectivity index (χ4n) is 0.533. The van der Waals surface area contributed by atoms with Crippen molar-refractivity contribution in [2.45, 2.75) is 0 Å². The number of hydrogen-bond donors (Lipinski definition) is 0. The summed E-state index contributed by atoms with van der Waals surface area (Å²) in [6, 6.07) is 6.40. The summed E-state index contributed by atoms with van der Waals surface area (Å²) in [5, 5.41) is 12.0. The molecule has 0 bridgehead atoms. The molecule has 0 aliphatic heterocycles. The molecule has 0 saturated heterocycles. The minimum absolute atomic E-state index is 0. The SMILES string of the molecule is Bc1ccc(F)cc1.F.F.F.F.N#N. The molecular weight excluding hydrogens is 206 g/mol. The first-order chi connectivity index (χ1) is 4.79. The van der Waals surface area contributed by atoms with Gasteiger partial charge in [0, 0.05) is 10.8 Å². The molecule has 0 atom stereocenters. The number of benzene rings is 1. The van der Waals surface area contributed by atoms with E-state index in [9.17, 15) is 4.39 Å². The van der Waals surface area contributed by atoms with Crippen molar-refractivity contribution < 1.29 is 23.2 Å². The zero-order valence-corrected chi connectivity index (χ0v) is 7.21. The van der Waals surface area contributed by atoms with Crippen LogP contribution in [0.1, 0.15) is 0 Å². The minimum Gasteiger partial charge on any atom is -0.269 e. The van der Waals surface area contributed by atoms with Gasteiger partial charge in [-0.05, 0) is 12.1 Å². The zero-order chi connectivity index (χ0) is 7.98. The first-order valence-electron chi connectivity index (χ1n) is 2.71. The molecule has 0 aliphatic carbocycles. The molecule has 0 fully saturated rings. The predicted octanol–water partition coefficient (Wildman–Crippen LogP) is 0.724. The van der Waals surface area contributed by atoms with Gasteiger partial charge in [-0.1, -0.05) is 17.6 Å². The fraction of sp³-hybridized carbons (Fsp3) is 0. The van der Waals surface area contributed by atoms with E-state index in [-0.39, 0.29) is 24.6 Å². The van der Waals surface area contributed by atoms with Gasteiger partial charge in [0.25, 0.3) is 0 Å². The van der Waals surface area contributed by atoms with Crippen molar-refractivity contribution in [1.82, 2.24) is 0 Å². The van der Waals surface area contributed by atoms with Gasteiger partial charge in [-0.15, -0.1) is 0 Å². The van der Waals surface area contributed by atoms with Crippen molar-refractivity contribution in [1.29, 1.82) is 10.8 Å². The van der Waals surface area contributed by atoms with Crippen LogP contribution in [0.3, 0.4) is 0 Å². The van der Waals surface area contributed by atoms with Crippen LogP contribution in [0.4, 0.5) is 23.2 Å².